The van der Waals surface area contributed by atoms with E-state index in [2.05, 4.69) is 5.32 Å². The maximum absolute atomic E-state index is 13.4. The Balaban J connectivity index is 1.80. The van der Waals surface area contributed by atoms with Crippen LogP contribution in [0.5, 0.6) is 5.75 Å². The second-order valence-electron chi connectivity index (χ2n) is 7.27. The number of hydrogen-bond donors (Lipinski definition) is 2. The van der Waals surface area contributed by atoms with Crippen molar-refractivity contribution in [2.24, 2.45) is 0 Å². The standard InChI is InChI=1S/C23H27NO5/c1-3-29-20-10-8-19(9-11-20)23(12-14-28-15-13-23)22(27)24-16(2)17-4-6-18(7-5-17)21(25)26/h4-11,16H,3,12-15H2,1-2H3,(H,24,27)(H,25,26)/t16-/m0/s1. The molecule has 0 saturated carbocycles. The lowest BCUT2D eigenvalue weighted by molar-refractivity contribution is -0.131. The lowest BCUT2D eigenvalue weighted by Crippen LogP contribution is -2.48. The van der Waals surface area contributed by atoms with Crippen LogP contribution in [0, 0.1) is 0 Å². The highest BCUT2D eigenvalue weighted by atomic mass is 16.5. The van der Waals surface area contributed by atoms with Crippen LogP contribution in [-0.2, 0) is 14.9 Å². The summed E-state index contributed by atoms with van der Waals surface area (Å²) in [6.07, 6.45) is 1.22. The lowest BCUT2D eigenvalue weighted by atomic mass is 9.73. The molecule has 2 aromatic rings. The van der Waals surface area contributed by atoms with Gasteiger partial charge in [-0.15, -0.1) is 0 Å². The van der Waals surface area contributed by atoms with Gasteiger partial charge in [0.25, 0.3) is 0 Å². The predicted molar refractivity (Wildman–Crippen MR) is 109 cm³/mol. The van der Waals surface area contributed by atoms with Gasteiger partial charge in [0.1, 0.15) is 5.75 Å². The Kier molecular flexibility index (Phi) is 6.54. The smallest absolute Gasteiger partial charge is 0.335 e. The molecule has 0 unspecified atom stereocenters. The third kappa shape index (κ3) is 4.59. The number of hydrogen-bond acceptors (Lipinski definition) is 4. The summed E-state index contributed by atoms with van der Waals surface area (Å²) in [6.45, 7) is 5.49. The Bertz CT molecular complexity index is 839. The summed E-state index contributed by atoms with van der Waals surface area (Å²) < 4.78 is 11.0. The number of amides is 1. The van der Waals surface area contributed by atoms with Crippen LogP contribution in [0.25, 0.3) is 0 Å². The van der Waals surface area contributed by atoms with E-state index in [1.807, 2.05) is 38.1 Å². The SMILES string of the molecule is CCOc1ccc(C2(C(=O)N[C@@H](C)c3ccc(C(=O)O)cc3)CCOCC2)cc1. The summed E-state index contributed by atoms with van der Waals surface area (Å²) in [6, 6.07) is 14.1. The van der Waals surface area contributed by atoms with Crippen molar-refractivity contribution in [2.75, 3.05) is 19.8 Å². The number of benzene rings is 2. The van der Waals surface area contributed by atoms with Crippen molar-refractivity contribution in [3.8, 4) is 5.75 Å². The maximum Gasteiger partial charge on any atom is 0.335 e. The van der Waals surface area contributed by atoms with Gasteiger partial charge in [0.15, 0.2) is 0 Å². The number of carbonyl (C=O) groups is 2. The van der Waals surface area contributed by atoms with Crippen molar-refractivity contribution < 1.29 is 24.2 Å². The van der Waals surface area contributed by atoms with Gasteiger partial charge in [-0.05, 0) is 62.1 Å². The van der Waals surface area contributed by atoms with Crippen LogP contribution in [-0.4, -0.2) is 36.8 Å². The molecule has 0 aliphatic carbocycles. The molecular formula is C23H27NO5. The number of carboxylic acids is 1. The molecule has 0 radical (unpaired) electrons. The first-order valence-corrected chi connectivity index (χ1v) is 9.91. The van der Waals surface area contributed by atoms with E-state index in [1.165, 1.54) is 0 Å². The number of nitrogens with one attached hydrogen (secondary N) is 1. The molecule has 1 aliphatic rings. The highest BCUT2D eigenvalue weighted by Gasteiger charge is 2.42. The van der Waals surface area contributed by atoms with Crippen molar-refractivity contribution in [3.63, 3.8) is 0 Å². The first-order chi connectivity index (χ1) is 14.0. The summed E-state index contributed by atoms with van der Waals surface area (Å²) in [5.41, 5.74) is 1.38. The van der Waals surface area contributed by atoms with E-state index in [0.717, 1.165) is 16.9 Å². The molecule has 1 saturated heterocycles. The molecule has 1 heterocycles. The van der Waals surface area contributed by atoms with Gasteiger partial charge < -0.3 is 19.9 Å². The van der Waals surface area contributed by atoms with Crippen LogP contribution in [0.3, 0.4) is 0 Å². The van der Waals surface area contributed by atoms with Gasteiger partial charge in [-0.3, -0.25) is 4.79 Å². The Labute approximate surface area is 170 Å². The zero-order valence-electron chi connectivity index (χ0n) is 16.8. The van der Waals surface area contributed by atoms with E-state index < -0.39 is 11.4 Å². The molecule has 2 N–H and O–H groups in total. The molecular weight excluding hydrogens is 370 g/mol. The number of rotatable bonds is 7. The zero-order valence-corrected chi connectivity index (χ0v) is 16.8. The Hall–Kier alpha value is -2.86. The predicted octanol–water partition coefficient (Wildman–Crippen LogP) is 3.71. The molecule has 154 valence electrons. The van der Waals surface area contributed by atoms with Crippen molar-refractivity contribution in [3.05, 3.63) is 65.2 Å². The summed E-state index contributed by atoms with van der Waals surface area (Å²) in [5, 5.41) is 12.2. The highest BCUT2D eigenvalue weighted by Crippen LogP contribution is 2.36. The van der Waals surface area contributed by atoms with E-state index in [-0.39, 0.29) is 17.5 Å². The second-order valence-corrected chi connectivity index (χ2v) is 7.27. The molecule has 3 rings (SSSR count). The van der Waals surface area contributed by atoms with Gasteiger partial charge in [0, 0.05) is 13.2 Å². The first kappa shape index (κ1) is 20.9. The third-order valence-corrected chi connectivity index (χ3v) is 5.50. The molecule has 1 amide bonds. The Morgan fingerprint density at radius 3 is 2.28 bits per heavy atom. The number of carbonyl (C=O) groups excluding carboxylic acids is 1. The minimum Gasteiger partial charge on any atom is -0.494 e. The van der Waals surface area contributed by atoms with E-state index in [0.29, 0.717) is 32.7 Å². The van der Waals surface area contributed by atoms with Crippen LogP contribution in [0.4, 0.5) is 0 Å². The molecule has 6 heteroatoms. The van der Waals surface area contributed by atoms with E-state index >= 15 is 0 Å². The average molecular weight is 397 g/mol. The summed E-state index contributed by atoms with van der Waals surface area (Å²) in [7, 11) is 0. The van der Waals surface area contributed by atoms with Gasteiger partial charge >= 0.3 is 5.97 Å². The Morgan fingerprint density at radius 1 is 1.10 bits per heavy atom. The molecule has 2 aromatic carbocycles. The maximum atomic E-state index is 13.4. The second kappa shape index (κ2) is 9.09. The summed E-state index contributed by atoms with van der Waals surface area (Å²) in [4.78, 5) is 24.4. The number of aromatic carboxylic acids is 1. The van der Waals surface area contributed by atoms with Crippen LogP contribution in [0.2, 0.25) is 0 Å². The van der Waals surface area contributed by atoms with Gasteiger partial charge in [0.2, 0.25) is 5.91 Å². The first-order valence-electron chi connectivity index (χ1n) is 9.91. The van der Waals surface area contributed by atoms with Crippen LogP contribution in [0.1, 0.15) is 54.2 Å². The molecule has 6 nitrogen and oxygen atoms in total. The average Bonchev–Trinajstić information content (AvgIpc) is 2.75. The molecule has 1 fully saturated rings. The summed E-state index contributed by atoms with van der Waals surface area (Å²) in [5.74, 6) is -0.226. The zero-order chi connectivity index (χ0) is 20.9. The van der Waals surface area contributed by atoms with Crippen molar-refractivity contribution in [1.82, 2.24) is 5.32 Å². The van der Waals surface area contributed by atoms with Crippen LogP contribution < -0.4 is 10.1 Å². The molecule has 0 bridgehead atoms. The normalized spacial score (nSPS) is 16.6. The van der Waals surface area contributed by atoms with Gasteiger partial charge in [-0.2, -0.15) is 0 Å². The lowest BCUT2D eigenvalue weighted by Gasteiger charge is -2.37. The van der Waals surface area contributed by atoms with E-state index in [4.69, 9.17) is 14.6 Å². The van der Waals surface area contributed by atoms with Crippen molar-refractivity contribution in [1.29, 1.82) is 0 Å². The largest absolute Gasteiger partial charge is 0.494 e. The number of carboxylic acid groups (broad SMARTS) is 1. The minimum atomic E-state index is -0.968. The van der Waals surface area contributed by atoms with Gasteiger partial charge in [-0.1, -0.05) is 24.3 Å². The fraction of sp³-hybridized carbons (Fsp3) is 0.391. The fourth-order valence-corrected chi connectivity index (χ4v) is 3.74. The topological polar surface area (TPSA) is 84.9 Å². The van der Waals surface area contributed by atoms with Crippen molar-refractivity contribution in [2.45, 2.75) is 38.1 Å². The van der Waals surface area contributed by atoms with Crippen LogP contribution >= 0.6 is 0 Å². The monoisotopic (exact) mass is 397 g/mol. The third-order valence-electron chi connectivity index (χ3n) is 5.50. The van der Waals surface area contributed by atoms with E-state index in [9.17, 15) is 9.59 Å². The molecule has 1 atom stereocenters. The molecule has 29 heavy (non-hydrogen) atoms. The fourth-order valence-electron chi connectivity index (χ4n) is 3.74. The Morgan fingerprint density at radius 2 is 1.72 bits per heavy atom. The molecule has 0 spiro atoms. The van der Waals surface area contributed by atoms with Crippen molar-refractivity contribution >= 4 is 11.9 Å². The summed E-state index contributed by atoms with van der Waals surface area (Å²) >= 11 is 0. The quantitative estimate of drug-likeness (QED) is 0.744. The molecule has 1 aliphatic heterocycles. The minimum absolute atomic E-state index is 0.0419. The molecule has 0 aromatic heterocycles. The van der Waals surface area contributed by atoms with E-state index in [1.54, 1.807) is 24.3 Å². The highest BCUT2D eigenvalue weighted by molar-refractivity contribution is 5.89. The van der Waals surface area contributed by atoms with Gasteiger partial charge in [-0.25, -0.2) is 4.79 Å². The van der Waals surface area contributed by atoms with Crippen LogP contribution in [0.15, 0.2) is 48.5 Å². The number of ether oxygens (including phenoxy) is 2. The van der Waals surface area contributed by atoms with Gasteiger partial charge in [0.05, 0.1) is 23.6 Å².